The van der Waals surface area contributed by atoms with Gasteiger partial charge in [0.1, 0.15) is 0 Å². The highest BCUT2D eigenvalue weighted by atomic mass is 16.3. The Morgan fingerprint density at radius 2 is 1.88 bits per heavy atom. The van der Waals surface area contributed by atoms with Crippen LogP contribution >= 0.6 is 0 Å². The first kappa shape index (κ1) is 23.0. The van der Waals surface area contributed by atoms with E-state index >= 15 is 0 Å². The quantitative estimate of drug-likeness (QED) is 0.694. The van der Waals surface area contributed by atoms with Gasteiger partial charge in [-0.15, -0.1) is 0 Å². The average molecular weight is 440 g/mol. The number of carbonyl (C=O) groups is 1. The SMILES string of the molecule is CC(C)N1CCC(N2CCc3c(c(C(=O)N[C@@H](C)c4ccccc4)nn3CCO)C2)CC1. The first-order chi connectivity index (χ1) is 15.5. The van der Waals surface area contributed by atoms with Gasteiger partial charge in [-0.3, -0.25) is 14.4 Å². The highest BCUT2D eigenvalue weighted by Crippen LogP contribution is 2.28. The molecule has 2 aliphatic rings. The number of hydrogen-bond donors (Lipinski definition) is 2. The summed E-state index contributed by atoms with van der Waals surface area (Å²) in [4.78, 5) is 18.3. The van der Waals surface area contributed by atoms with E-state index in [4.69, 9.17) is 0 Å². The lowest BCUT2D eigenvalue weighted by molar-refractivity contribution is 0.0820. The molecule has 0 bridgehead atoms. The lowest BCUT2D eigenvalue weighted by atomic mass is 9.97. The molecule has 4 rings (SSSR count). The van der Waals surface area contributed by atoms with Gasteiger partial charge < -0.3 is 15.3 Å². The van der Waals surface area contributed by atoms with Crippen LogP contribution in [0.4, 0.5) is 0 Å². The average Bonchev–Trinajstić information content (AvgIpc) is 3.18. The number of amides is 1. The number of likely N-dealkylation sites (tertiary alicyclic amines) is 1. The number of benzene rings is 1. The van der Waals surface area contributed by atoms with Crippen molar-refractivity contribution in [3.8, 4) is 0 Å². The van der Waals surface area contributed by atoms with E-state index in [1.165, 1.54) is 12.8 Å². The van der Waals surface area contributed by atoms with Crippen molar-refractivity contribution in [1.82, 2.24) is 24.9 Å². The third-order valence-electron chi connectivity index (χ3n) is 7.08. The van der Waals surface area contributed by atoms with Gasteiger partial charge >= 0.3 is 0 Å². The summed E-state index contributed by atoms with van der Waals surface area (Å²) in [6, 6.07) is 11.1. The van der Waals surface area contributed by atoms with Gasteiger partial charge in [-0.25, -0.2) is 0 Å². The molecule has 0 radical (unpaired) electrons. The molecule has 2 aliphatic heterocycles. The second-order valence-corrected chi connectivity index (χ2v) is 9.41. The highest BCUT2D eigenvalue weighted by Gasteiger charge is 2.33. The third kappa shape index (κ3) is 4.90. The molecule has 1 saturated heterocycles. The fourth-order valence-corrected chi connectivity index (χ4v) is 5.14. The fraction of sp³-hybridized carbons (Fsp3) is 0.600. The van der Waals surface area contributed by atoms with Gasteiger partial charge in [-0.1, -0.05) is 30.3 Å². The minimum Gasteiger partial charge on any atom is -0.394 e. The van der Waals surface area contributed by atoms with E-state index in [1.807, 2.05) is 41.9 Å². The lowest BCUT2D eigenvalue weighted by Crippen LogP contribution is -2.48. The van der Waals surface area contributed by atoms with Crippen LogP contribution in [0.5, 0.6) is 0 Å². The van der Waals surface area contributed by atoms with Gasteiger partial charge in [0.15, 0.2) is 5.69 Å². The van der Waals surface area contributed by atoms with Crippen molar-refractivity contribution in [3.63, 3.8) is 0 Å². The molecule has 1 aromatic heterocycles. The highest BCUT2D eigenvalue weighted by molar-refractivity contribution is 5.94. The second kappa shape index (κ2) is 10.1. The van der Waals surface area contributed by atoms with Crippen LogP contribution in [0.25, 0.3) is 0 Å². The molecule has 174 valence electrons. The first-order valence-electron chi connectivity index (χ1n) is 12.0. The van der Waals surface area contributed by atoms with Crippen molar-refractivity contribution in [1.29, 1.82) is 0 Å². The van der Waals surface area contributed by atoms with Crippen molar-refractivity contribution in [2.75, 3.05) is 26.2 Å². The number of hydrogen-bond acceptors (Lipinski definition) is 5. The maximum Gasteiger partial charge on any atom is 0.272 e. The largest absolute Gasteiger partial charge is 0.394 e. The summed E-state index contributed by atoms with van der Waals surface area (Å²) in [5.74, 6) is -0.134. The van der Waals surface area contributed by atoms with Crippen LogP contribution in [0, 0.1) is 0 Å². The Morgan fingerprint density at radius 3 is 2.53 bits per heavy atom. The molecule has 3 heterocycles. The summed E-state index contributed by atoms with van der Waals surface area (Å²) in [6.45, 7) is 11.0. The second-order valence-electron chi connectivity index (χ2n) is 9.41. The Hall–Kier alpha value is -2.22. The Balaban J connectivity index is 1.50. The topological polar surface area (TPSA) is 73.6 Å². The number of carbonyl (C=O) groups excluding carboxylic acids is 1. The number of piperidine rings is 1. The molecular formula is C25H37N5O2. The van der Waals surface area contributed by atoms with Crippen LogP contribution in [0.15, 0.2) is 30.3 Å². The predicted octanol–water partition coefficient (Wildman–Crippen LogP) is 2.60. The fourth-order valence-electron chi connectivity index (χ4n) is 5.14. The molecule has 7 nitrogen and oxygen atoms in total. The Kier molecular flexibility index (Phi) is 7.28. The minimum absolute atomic E-state index is 0.0208. The van der Waals surface area contributed by atoms with E-state index in [-0.39, 0.29) is 18.6 Å². The van der Waals surface area contributed by atoms with E-state index < -0.39 is 0 Å². The molecule has 0 saturated carbocycles. The maximum absolute atomic E-state index is 13.2. The van der Waals surface area contributed by atoms with Crippen LogP contribution in [0.1, 0.15) is 67.0 Å². The zero-order chi connectivity index (χ0) is 22.7. The van der Waals surface area contributed by atoms with Crippen LogP contribution in [-0.2, 0) is 19.5 Å². The van der Waals surface area contributed by atoms with E-state index in [0.717, 1.165) is 49.4 Å². The van der Waals surface area contributed by atoms with Gasteiger partial charge in [0, 0.05) is 42.9 Å². The number of nitrogens with one attached hydrogen (secondary N) is 1. The predicted molar refractivity (Wildman–Crippen MR) is 125 cm³/mol. The summed E-state index contributed by atoms with van der Waals surface area (Å²) in [5, 5.41) is 17.3. The Labute approximate surface area is 191 Å². The molecule has 0 unspecified atom stereocenters. The lowest BCUT2D eigenvalue weighted by Gasteiger charge is -2.41. The number of aliphatic hydroxyl groups excluding tert-OH is 1. The number of fused-ring (bicyclic) bond motifs is 1. The van der Waals surface area contributed by atoms with Crippen LogP contribution in [0.3, 0.4) is 0 Å². The molecule has 32 heavy (non-hydrogen) atoms. The van der Waals surface area contributed by atoms with E-state index in [9.17, 15) is 9.90 Å². The molecule has 1 aromatic carbocycles. The molecule has 0 aliphatic carbocycles. The van der Waals surface area contributed by atoms with E-state index in [1.54, 1.807) is 0 Å². The molecule has 1 fully saturated rings. The van der Waals surface area contributed by atoms with Crippen molar-refractivity contribution >= 4 is 5.91 Å². The number of rotatable bonds is 7. The summed E-state index contributed by atoms with van der Waals surface area (Å²) >= 11 is 0. The minimum atomic E-state index is -0.134. The molecule has 2 aromatic rings. The summed E-state index contributed by atoms with van der Waals surface area (Å²) in [6.07, 6.45) is 3.21. The van der Waals surface area contributed by atoms with Gasteiger partial charge in [-0.2, -0.15) is 5.10 Å². The van der Waals surface area contributed by atoms with Gasteiger partial charge in [0.05, 0.1) is 19.2 Å². The van der Waals surface area contributed by atoms with E-state index in [0.29, 0.717) is 24.3 Å². The Morgan fingerprint density at radius 1 is 1.16 bits per heavy atom. The molecule has 2 N–H and O–H groups in total. The van der Waals surface area contributed by atoms with Crippen molar-refractivity contribution in [2.24, 2.45) is 0 Å². The number of nitrogens with zero attached hydrogens (tertiary/aromatic N) is 4. The summed E-state index contributed by atoms with van der Waals surface area (Å²) in [7, 11) is 0. The first-order valence-corrected chi connectivity index (χ1v) is 12.0. The smallest absolute Gasteiger partial charge is 0.272 e. The zero-order valence-corrected chi connectivity index (χ0v) is 19.6. The summed E-state index contributed by atoms with van der Waals surface area (Å²) < 4.78 is 1.84. The van der Waals surface area contributed by atoms with Crippen molar-refractivity contribution in [3.05, 3.63) is 52.8 Å². The summed E-state index contributed by atoms with van der Waals surface area (Å²) in [5.41, 5.74) is 3.73. The zero-order valence-electron chi connectivity index (χ0n) is 19.6. The van der Waals surface area contributed by atoms with Crippen molar-refractivity contribution in [2.45, 2.75) is 71.2 Å². The Bertz CT molecular complexity index is 903. The van der Waals surface area contributed by atoms with Gasteiger partial charge in [-0.05, 0) is 52.3 Å². The molecule has 1 amide bonds. The monoisotopic (exact) mass is 439 g/mol. The normalized spacial score (nSPS) is 19.2. The third-order valence-corrected chi connectivity index (χ3v) is 7.08. The maximum atomic E-state index is 13.2. The van der Waals surface area contributed by atoms with Gasteiger partial charge in [0.25, 0.3) is 5.91 Å². The van der Waals surface area contributed by atoms with Crippen molar-refractivity contribution < 1.29 is 9.90 Å². The molecule has 7 heteroatoms. The van der Waals surface area contributed by atoms with Gasteiger partial charge in [0.2, 0.25) is 0 Å². The molecule has 0 spiro atoms. The van der Waals surface area contributed by atoms with Crippen LogP contribution in [0.2, 0.25) is 0 Å². The van der Waals surface area contributed by atoms with Crippen LogP contribution in [-0.4, -0.2) is 68.9 Å². The molecular weight excluding hydrogens is 402 g/mol. The molecule has 1 atom stereocenters. The van der Waals surface area contributed by atoms with E-state index in [2.05, 4.69) is 34.1 Å². The standard InChI is InChI=1S/C25H37N5O2/c1-18(2)28-12-9-21(10-13-28)29-14-11-23-22(17-29)24(27-30(23)15-16-31)25(32)26-19(3)20-7-5-4-6-8-20/h4-8,18-19,21,31H,9-17H2,1-3H3,(H,26,32)/t19-/m0/s1. The number of aliphatic hydroxyl groups is 1. The van der Waals surface area contributed by atoms with Crippen LogP contribution < -0.4 is 5.32 Å². The number of aromatic nitrogens is 2.